The Hall–Kier alpha value is -0.440. The Bertz CT molecular complexity index is 411. The second-order valence-corrected chi connectivity index (χ2v) is 3.18. The molecule has 2 nitrogen and oxygen atoms in total. The molecular formula is C8H7Cl3N2. The van der Waals surface area contributed by atoms with Crippen LogP contribution in [-0.4, -0.2) is 9.38 Å². The van der Waals surface area contributed by atoms with Crippen LogP contribution in [0.4, 0.5) is 0 Å². The van der Waals surface area contributed by atoms with Gasteiger partial charge in [-0.1, -0.05) is 11.6 Å². The molecule has 0 aliphatic carbocycles. The van der Waals surface area contributed by atoms with E-state index in [0.717, 1.165) is 11.3 Å². The standard InChI is InChI=1S/C8H6Cl2N2.ClH/c9-3-7-5-12-4-6(10)1-2-8(12)11-7;/h1-2,4-5H,3H2;1H. The molecule has 0 unspecified atom stereocenters. The van der Waals surface area contributed by atoms with E-state index in [4.69, 9.17) is 23.2 Å². The first kappa shape index (κ1) is 10.6. The van der Waals surface area contributed by atoms with E-state index in [9.17, 15) is 0 Å². The van der Waals surface area contributed by atoms with Gasteiger partial charge in [0.1, 0.15) is 5.65 Å². The molecule has 2 heterocycles. The Morgan fingerprint density at radius 3 is 2.77 bits per heavy atom. The van der Waals surface area contributed by atoms with Crippen molar-refractivity contribution in [3.05, 3.63) is 35.2 Å². The van der Waals surface area contributed by atoms with Crippen molar-refractivity contribution in [2.75, 3.05) is 0 Å². The minimum atomic E-state index is 0. The topological polar surface area (TPSA) is 17.3 Å². The zero-order valence-corrected chi connectivity index (χ0v) is 8.90. The number of halogens is 3. The number of aromatic nitrogens is 2. The van der Waals surface area contributed by atoms with Gasteiger partial charge in [-0.15, -0.1) is 24.0 Å². The monoisotopic (exact) mass is 236 g/mol. The van der Waals surface area contributed by atoms with Gasteiger partial charge in [-0.05, 0) is 12.1 Å². The molecule has 0 saturated heterocycles. The molecule has 0 radical (unpaired) electrons. The molecule has 13 heavy (non-hydrogen) atoms. The van der Waals surface area contributed by atoms with Crippen molar-refractivity contribution in [1.82, 2.24) is 9.38 Å². The second-order valence-electron chi connectivity index (χ2n) is 2.48. The molecule has 0 fully saturated rings. The van der Waals surface area contributed by atoms with Crippen molar-refractivity contribution in [3.8, 4) is 0 Å². The highest BCUT2D eigenvalue weighted by atomic mass is 35.5. The number of rotatable bonds is 1. The molecule has 0 spiro atoms. The highest BCUT2D eigenvalue weighted by Gasteiger charge is 1.99. The lowest BCUT2D eigenvalue weighted by atomic mass is 10.5. The first-order valence-corrected chi connectivity index (χ1v) is 4.40. The summed E-state index contributed by atoms with van der Waals surface area (Å²) in [7, 11) is 0. The summed E-state index contributed by atoms with van der Waals surface area (Å²) in [5, 5.41) is 0.695. The lowest BCUT2D eigenvalue weighted by Gasteiger charge is -1.91. The largest absolute Gasteiger partial charge is 0.305 e. The highest BCUT2D eigenvalue weighted by molar-refractivity contribution is 6.30. The molecule has 70 valence electrons. The third kappa shape index (κ3) is 2.08. The molecule has 0 bridgehead atoms. The number of hydrogen-bond acceptors (Lipinski definition) is 1. The van der Waals surface area contributed by atoms with E-state index >= 15 is 0 Å². The Kier molecular flexibility index (Phi) is 3.42. The van der Waals surface area contributed by atoms with Crippen molar-refractivity contribution < 1.29 is 0 Å². The predicted octanol–water partition coefficient (Wildman–Crippen LogP) is 3.15. The summed E-state index contributed by atoms with van der Waals surface area (Å²) in [6.07, 6.45) is 3.67. The molecule has 2 aromatic rings. The Morgan fingerprint density at radius 2 is 2.08 bits per heavy atom. The molecule has 0 aromatic carbocycles. The average Bonchev–Trinajstić information content (AvgIpc) is 2.46. The number of pyridine rings is 1. The van der Waals surface area contributed by atoms with Gasteiger partial charge in [0.2, 0.25) is 0 Å². The Balaban J connectivity index is 0.000000845. The molecular weight excluding hydrogens is 230 g/mol. The quantitative estimate of drug-likeness (QED) is 0.697. The first-order chi connectivity index (χ1) is 5.79. The van der Waals surface area contributed by atoms with Crippen LogP contribution in [0.2, 0.25) is 5.02 Å². The molecule has 5 heteroatoms. The van der Waals surface area contributed by atoms with Gasteiger partial charge in [0.05, 0.1) is 16.6 Å². The highest BCUT2D eigenvalue weighted by Crippen LogP contribution is 2.12. The van der Waals surface area contributed by atoms with Gasteiger partial charge in [0, 0.05) is 12.4 Å². The summed E-state index contributed by atoms with van der Waals surface area (Å²) >= 11 is 11.4. The van der Waals surface area contributed by atoms with E-state index in [-0.39, 0.29) is 12.4 Å². The lowest BCUT2D eigenvalue weighted by molar-refractivity contribution is 1.18. The number of fused-ring (bicyclic) bond motifs is 1. The first-order valence-electron chi connectivity index (χ1n) is 3.49. The van der Waals surface area contributed by atoms with Gasteiger partial charge in [-0.3, -0.25) is 0 Å². The van der Waals surface area contributed by atoms with Crippen LogP contribution in [0.1, 0.15) is 5.69 Å². The third-order valence-electron chi connectivity index (χ3n) is 1.60. The van der Waals surface area contributed by atoms with Crippen LogP contribution >= 0.6 is 35.6 Å². The average molecular weight is 238 g/mol. The van der Waals surface area contributed by atoms with E-state index < -0.39 is 0 Å². The zero-order chi connectivity index (χ0) is 8.55. The Morgan fingerprint density at radius 1 is 1.31 bits per heavy atom. The van der Waals surface area contributed by atoms with Crippen LogP contribution in [0.25, 0.3) is 5.65 Å². The summed E-state index contributed by atoms with van der Waals surface area (Å²) in [5.41, 5.74) is 1.73. The van der Waals surface area contributed by atoms with Crippen molar-refractivity contribution in [2.45, 2.75) is 5.88 Å². The fourth-order valence-corrected chi connectivity index (χ4v) is 1.38. The molecule has 2 aromatic heterocycles. The van der Waals surface area contributed by atoms with E-state index in [1.165, 1.54) is 0 Å². The number of hydrogen-bond donors (Lipinski definition) is 0. The minimum Gasteiger partial charge on any atom is -0.305 e. The van der Waals surface area contributed by atoms with Gasteiger partial charge in [-0.2, -0.15) is 0 Å². The van der Waals surface area contributed by atoms with Crippen LogP contribution in [0, 0.1) is 0 Å². The van der Waals surface area contributed by atoms with Gasteiger partial charge in [0.15, 0.2) is 0 Å². The fourth-order valence-electron chi connectivity index (χ4n) is 1.08. The van der Waals surface area contributed by atoms with Gasteiger partial charge < -0.3 is 4.40 Å². The van der Waals surface area contributed by atoms with Crippen molar-refractivity contribution in [3.63, 3.8) is 0 Å². The maximum atomic E-state index is 5.79. The summed E-state index contributed by atoms with van der Waals surface area (Å²) in [4.78, 5) is 4.24. The summed E-state index contributed by atoms with van der Waals surface area (Å²) in [6.45, 7) is 0. The molecule has 0 amide bonds. The Labute approximate surface area is 91.9 Å². The SMILES string of the molecule is Cl.ClCc1cn2cc(Cl)ccc2n1. The molecule has 0 N–H and O–H groups in total. The number of alkyl halides is 1. The number of imidazole rings is 1. The maximum absolute atomic E-state index is 5.79. The molecule has 0 aliphatic heterocycles. The molecule has 0 saturated carbocycles. The van der Waals surface area contributed by atoms with E-state index in [0.29, 0.717) is 10.9 Å². The minimum absolute atomic E-state index is 0. The molecule has 0 atom stereocenters. The van der Waals surface area contributed by atoms with Gasteiger partial charge >= 0.3 is 0 Å². The summed E-state index contributed by atoms with van der Waals surface area (Å²) in [5.74, 6) is 0.430. The third-order valence-corrected chi connectivity index (χ3v) is 2.10. The second kappa shape index (κ2) is 4.18. The summed E-state index contributed by atoms with van der Waals surface area (Å²) < 4.78 is 1.86. The van der Waals surface area contributed by atoms with Crippen LogP contribution in [-0.2, 0) is 5.88 Å². The lowest BCUT2D eigenvalue weighted by Crippen LogP contribution is -1.79. The van der Waals surface area contributed by atoms with Crippen LogP contribution in [0.15, 0.2) is 24.5 Å². The van der Waals surface area contributed by atoms with E-state index in [2.05, 4.69) is 4.98 Å². The normalized spacial score (nSPS) is 10.0. The van der Waals surface area contributed by atoms with Crippen molar-refractivity contribution >= 4 is 41.3 Å². The van der Waals surface area contributed by atoms with Crippen molar-refractivity contribution in [1.29, 1.82) is 0 Å². The smallest absolute Gasteiger partial charge is 0.137 e. The molecule has 2 rings (SSSR count). The van der Waals surface area contributed by atoms with Crippen LogP contribution in [0.3, 0.4) is 0 Å². The molecule has 0 aliphatic rings. The van der Waals surface area contributed by atoms with E-state index in [1.54, 1.807) is 6.20 Å². The van der Waals surface area contributed by atoms with Crippen LogP contribution < -0.4 is 0 Å². The van der Waals surface area contributed by atoms with Gasteiger partial charge in [0.25, 0.3) is 0 Å². The maximum Gasteiger partial charge on any atom is 0.137 e. The fraction of sp³-hybridized carbons (Fsp3) is 0.125. The van der Waals surface area contributed by atoms with Crippen molar-refractivity contribution in [2.24, 2.45) is 0 Å². The van der Waals surface area contributed by atoms with E-state index in [1.807, 2.05) is 22.7 Å². The van der Waals surface area contributed by atoms with Crippen LogP contribution in [0.5, 0.6) is 0 Å². The summed E-state index contributed by atoms with van der Waals surface area (Å²) in [6, 6.07) is 3.67. The zero-order valence-electron chi connectivity index (χ0n) is 6.58. The number of nitrogens with zero attached hydrogens (tertiary/aromatic N) is 2. The predicted molar refractivity (Wildman–Crippen MR) is 57.0 cm³/mol. The van der Waals surface area contributed by atoms with Gasteiger partial charge in [-0.25, -0.2) is 4.98 Å².